The normalized spacial score (nSPS) is 10.8. The van der Waals surface area contributed by atoms with Gasteiger partial charge in [0.05, 0.1) is 25.4 Å². The van der Waals surface area contributed by atoms with E-state index in [4.69, 9.17) is 20.1 Å². The van der Waals surface area contributed by atoms with Crippen LogP contribution in [-0.4, -0.2) is 34.7 Å². The van der Waals surface area contributed by atoms with Crippen LogP contribution < -0.4 is 20.1 Å². The molecule has 160 valence electrons. The van der Waals surface area contributed by atoms with Crippen LogP contribution in [0.4, 0.5) is 0 Å². The van der Waals surface area contributed by atoms with Crippen molar-refractivity contribution in [2.45, 2.75) is 31.7 Å². The van der Waals surface area contributed by atoms with E-state index in [-0.39, 0.29) is 0 Å². The number of hydrogen-bond donors (Lipinski definition) is 1. The van der Waals surface area contributed by atoms with Crippen LogP contribution in [0.15, 0.2) is 46.0 Å². The number of nitrogens with two attached hydrogens (primary N) is 1. The predicted molar refractivity (Wildman–Crippen MR) is 123 cm³/mol. The van der Waals surface area contributed by atoms with Crippen molar-refractivity contribution < 1.29 is 14.2 Å². The molecular weight excluding hydrogens is 468 g/mol. The van der Waals surface area contributed by atoms with Gasteiger partial charge in [0.15, 0.2) is 17.3 Å². The van der Waals surface area contributed by atoms with Crippen molar-refractivity contribution in [3.8, 4) is 28.6 Å². The molecular formula is C21H25BrN4O3S. The summed E-state index contributed by atoms with van der Waals surface area (Å²) in [5.41, 5.74) is 1.85. The molecule has 0 spiro atoms. The minimum Gasteiger partial charge on any atom is -0.493 e. The molecule has 0 aliphatic heterocycles. The number of hydrogen-bond acceptors (Lipinski definition) is 7. The summed E-state index contributed by atoms with van der Waals surface area (Å²) in [5, 5.41) is 9.15. The lowest BCUT2D eigenvalue weighted by Crippen LogP contribution is -2.12. The van der Waals surface area contributed by atoms with E-state index in [1.165, 1.54) is 16.4 Å². The van der Waals surface area contributed by atoms with Gasteiger partial charge in [-0.3, -0.25) is 0 Å². The number of ether oxygens (including phenoxy) is 3. The van der Waals surface area contributed by atoms with Crippen LogP contribution in [0.1, 0.15) is 26.3 Å². The molecule has 0 radical (unpaired) electrons. The van der Waals surface area contributed by atoms with E-state index >= 15 is 0 Å². The maximum Gasteiger partial charge on any atom is 0.210 e. The second kappa shape index (κ2) is 10.6. The lowest BCUT2D eigenvalue weighted by atomic mass is 10.2. The Balaban J connectivity index is 1.82. The molecule has 0 amide bonds. The molecule has 0 fully saturated rings. The Morgan fingerprint density at radius 2 is 1.57 bits per heavy atom. The molecule has 0 saturated carbocycles. The van der Waals surface area contributed by atoms with E-state index in [1.54, 1.807) is 0 Å². The molecule has 1 aromatic heterocycles. The second-order valence-electron chi connectivity index (χ2n) is 6.15. The SMILES string of the molecule is CCOc1cc(Br)c(CSc2nnc(-c3ccccc3OCC)n2N)cc1OCC. The Morgan fingerprint density at radius 3 is 2.27 bits per heavy atom. The van der Waals surface area contributed by atoms with Crippen LogP contribution in [0, 0.1) is 0 Å². The van der Waals surface area contributed by atoms with Gasteiger partial charge in [0.25, 0.3) is 0 Å². The topological polar surface area (TPSA) is 84.4 Å². The average Bonchev–Trinajstić information content (AvgIpc) is 3.10. The van der Waals surface area contributed by atoms with Gasteiger partial charge >= 0.3 is 0 Å². The summed E-state index contributed by atoms with van der Waals surface area (Å²) < 4.78 is 19.5. The minimum atomic E-state index is 0.558. The Labute approximate surface area is 189 Å². The summed E-state index contributed by atoms with van der Waals surface area (Å²) in [6.45, 7) is 7.53. The summed E-state index contributed by atoms with van der Waals surface area (Å²) in [7, 11) is 0. The smallest absolute Gasteiger partial charge is 0.210 e. The lowest BCUT2D eigenvalue weighted by molar-refractivity contribution is 0.287. The molecule has 0 aliphatic carbocycles. The van der Waals surface area contributed by atoms with Crippen molar-refractivity contribution >= 4 is 27.7 Å². The van der Waals surface area contributed by atoms with Gasteiger partial charge in [0, 0.05) is 10.2 Å². The maximum absolute atomic E-state index is 6.30. The van der Waals surface area contributed by atoms with E-state index in [1.807, 2.05) is 57.2 Å². The zero-order valence-corrected chi connectivity index (χ0v) is 19.6. The molecule has 1 heterocycles. The molecule has 2 aromatic carbocycles. The lowest BCUT2D eigenvalue weighted by Gasteiger charge is -2.14. The molecule has 0 atom stereocenters. The first kappa shape index (κ1) is 22.3. The fourth-order valence-electron chi connectivity index (χ4n) is 2.86. The van der Waals surface area contributed by atoms with Gasteiger partial charge in [-0.05, 0) is 50.6 Å². The Kier molecular flexibility index (Phi) is 7.87. The van der Waals surface area contributed by atoms with E-state index < -0.39 is 0 Å². The standard InChI is InChI=1S/C21H25BrN4O3S/c1-4-27-17-10-8-7-9-15(17)20-24-25-21(26(20)23)30-13-14-11-18(28-5-2)19(29-6-3)12-16(14)22/h7-12H,4-6,13,23H2,1-3H3. The molecule has 9 heteroatoms. The van der Waals surface area contributed by atoms with Gasteiger partial charge in [0.2, 0.25) is 5.16 Å². The zero-order valence-electron chi connectivity index (χ0n) is 17.2. The molecule has 0 saturated heterocycles. The molecule has 3 rings (SSSR count). The first-order valence-corrected chi connectivity index (χ1v) is 11.5. The fourth-order valence-corrected chi connectivity index (χ4v) is 4.35. The second-order valence-corrected chi connectivity index (χ2v) is 7.95. The van der Waals surface area contributed by atoms with Crippen molar-refractivity contribution in [2.24, 2.45) is 0 Å². The average molecular weight is 493 g/mol. The van der Waals surface area contributed by atoms with Crippen LogP contribution in [0.25, 0.3) is 11.4 Å². The van der Waals surface area contributed by atoms with E-state index in [9.17, 15) is 0 Å². The molecule has 30 heavy (non-hydrogen) atoms. The number of thioether (sulfide) groups is 1. The monoisotopic (exact) mass is 492 g/mol. The summed E-state index contributed by atoms with van der Waals surface area (Å²) in [4.78, 5) is 0. The van der Waals surface area contributed by atoms with Gasteiger partial charge in [-0.1, -0.05) is 39.8 Å². The number of benzene rings is 2. The minimum absolute atomic E-state index is 0.558. The molecule has 0 unspecified atom stereocenters. The fraction of sp³-hybridized carbons (Fsp3) is 0.333. The molecule has 3 aromatic rings. The summed E-state index contributed by atoms with van der Waals surface area (Å²) in [5.74, 6) is 9.66. The first-order valence-electron chi connectivity index (χ1n) is 9.72. The van der Waals surface area contributed by atoms with Crippen molar-refractivity contribution in [1.82, 2.24) is 14.9 Å². The van der Waals surface area contributed by atoms with Crippen LogP contribution in [0.5, 0.6) is 17.2 Å². The number of aromatic nitrogens is 3. The van der Waals surface area contributed by atoms with Gasteiger partial charge in [-0.25, -0.2) is 4.68 Å². The van der Waals surface area contributed by atoms with E-state index in [2.05, 4.69) is 26.1 Å². The maximum atomic E-state index is 6.30. The third-order valence-electron chi connectivity index (χ3n) is 4.16. The van der Waals surface area contributed by atoms with Crippen molar-refractivity contribution in [3.63, 3.8) is 0 Å². The first-order chi connectivity index (χ1) is 14.6. The van der Waals surface area contributed by atoms with Crippen molar-refractivity contribution in [3.05, 3.63) is 46.4 Å². The summed E-state index contributed by atoms with van der Waals surface area (Å²) in [6, 6.07) is 11.6. The number of nitrogen functional groups attached to an aromatic ring is 1. The van der Waals surface area contributed by atoms with E-state index in [0.717, 1.165) is 32.8 Å². The Morgan fingerprint density at radius 1 is 0.933 bits per heavy atom. The molecule has 2 N–H and O–H groups in total. The van der Waals surface area contributed by atoms with Crippen molar-refractivity contribution in [1.29, 1.82) is 0 Å². The number of rotatable bonds is 10. The molecule has 0 bridgehead atoms. The third kappa shape index (κ3) is 5.02. The molecule has 0 aliphatic rings. The van der Waals surface area contributed by atoms with Crippen molar-refractivity contribution in [2.75, 3.05) is 25.7 Å². The highest BCUT2D eigenvalue weighted by molar-refractivity contribution is 9.10. The summed E-state index contributed by atoms with van der Waals surface area (Å²) >= 11 is 5.12. The van der Waals surface area contributed by atoms with Gasteiger partial charge in [0.1, 0.15) is 5.75 Å². The van der Waals surface area contributed by atoms with Gasteiger partial charge < -0.3 is 20.1 Å². The van der Waals surface area contributed by atoms with Crippen LogP contribution >= 0.6 is 27.7 Å². The number of para-hydroxylation sites is 1. The largest absolute Gasteiger partial charge is 0.493 e. The van der Waals surface area contributed by atoms with Crippen LogP contribution in [-0.2, 0) is 5.75 Å². The number of halogens is 1. The van der Waals surface area contributed by atoms with E-state index in [0.29, 0.717) is 36.6 Å². The highest BCUT2D eigenvalue weighted by atomic mass is 79.9. The predicted octanol–water partition coefficient (Wildman–Crippen LogP) is 4.91. The quantitative estimate of drug-likeness (QED) is 0.317. The highest BCUT2D eigenvalue weighted by Crippen LogP contribution is 2.37. The highest BCUT2D eigenvalue weighted by Gasteiger charge is 2.17. The summed E-state index contributed by atoms with van der Waals surface area (Å²) in [6.07, 6.45) is 0. The Bertz CT molecular complexity index is 996. The molecule has 7 nitrogen and oxygen atoms in total. The third-order valence-corrected chi connectivity index (χ3v) is 5.89. The Hall–Kier alpha value is -2.39. The van der Waals surface area contributed by atoms with Crippen LogP contribution in [0.2, 0.25) is 0 Å². The van der Waals surface area contributed by atoms with Gasteiger partial charge in [-0.2, -0.15) is 0 Å². The zero-order chi connectivity index (χ0) is 21.5. The van der Waals surface area contributed by atoms with Crippen LogP contribution in [0.3, 0.4) is 0 Å². The van der Waals surface area contributed by atoms with Gasteiger partial charge in [-0.15, -0.1) is 10.2 Å². The number of nitrogens with zero attached hydrogens (tertiary/aromatic N) is 3.